The lowest BCUT2D eigenvalue weighted by Crippen LogP contribution is -2.29. The van der Waals surface area contributed by atoms with Crippen LogP contribution in [0.1, 0.15) is 26.3 Å². The zero-order chi connectivity index (χ0) is 14.3. The summed E-state index contributed by atoms with van der Waals surface area (Å²) in [6.45, 7) is -0.0169. The fraction of sp³-hybridized carbons (Fsp3) is 0.0714. The Kier molecular flexibility index (Phi) is 2.71. The minimum Gasteiger partial charge on any atom is -0.399 e. The van der Waals surface area contributed by atoms with E-state index in [1.165, 1.54) is 24.4 Å². The van der Waals surface area contributed by atoms with Gasteiger partial charge in [-0.05, 0) is 29.8 Å². The van der Waals surface area contributed by atoms with Gasteiger partial charge in [0.15, 0.2) is 0 Å². The van der Waals surface area contributed by atoms with Gasteiger partial charge in [-0.3, -0.25) is 19.5 Å². The molecule has 100 valence electrons. The van der Waals surface area contributed by atoms with Crippen LogP contribution >= 0.6 is 0 Å². The normalized spacial score (nSPS) is 13.8. The third-order valence-electron chi connectivity index (χ3n) is 3.10. The number of nitrogens with two attached hydrogens (primary N) is 1. The van der Waals surface area contributed by atoms with Gasteiger partial charge < -0.3 is 5.73 Å². The lowest BCUT2D eigenvalue weighted by atomic mass is 10.1. The van der Waals surface area contributed by atoms with Gasteiger partial charge in [-0.25, -0.2) is 4.39 Å². The van der Waals surface area contributed by atoms with Gasteiger partial charge in [0.2, 0.25) is 0 Å². The summed E-state index contributed by atoms with van der Waals surface area (Å²) in [4.78, 5) is 29.1. The van der Waals surface area contributed by atoms with Crippen molar-refractivity contribution in [2.75, 3.05) is 5.73 Å². The molecule has 0 saturated carbocycles. The number of aromatic nitrogens is 1. The molecule has 1 aromatic carbocycles. The third kappa shape index (κ3) is 1.91. The largest absolute Gasteiger partial charge is 0.399 e. The Morgan fingerprint density at radius 2 is 1.85 bits per heavy atom. The number of halogens is 1. The van der Waals surface area contributed by atoms with E-state index in [0.29, 0.717) is 16.8 Å². The number of carbonyl (C=O) groups excluding carboxylic acids is 2. The van der Waals surface area contributed by atoms with Crippen LogP contribution in [0.5, 0.6) is 0 Å². The van der Waals surface area contributed by atoms with E-state index in [9.17, 15) is 14.0 Å². The molecule has 0 saturated heterocycles. The number of amides is 2. The number of carbonyl (C=O) groups is 2. The summed E-state index contributed by atoms with van der Waals surface area (Å²) in [6.07, 6.45) is 2.48. The first kappa shape index (κ1) is 12.3. The molecular formula is C14H10FN3O2. The van der Waals surface area contributed by atoms with Crippen molar-refractivity contribution in [3.63, 3.8) is 0 Å². The van der Waals surface area contributed by atoms with Crippen LogP contribution in [0.25, 0.3) is 0 Å². The first-order chi connectivity index (χ1) is 9.56. The predicted molar refractivity (Wildman–Crippen MR) is 69.3 cm³/mol. The Hall–Kier alpha value is -2.76. The van der Waals surface area contributed by atoms with Gasteiger partial charge in [0.05, 0.1) is 23.9 Å². The summed E-state index contributed by atoms with van der Waals surface area (Å²) in [5.74, 6) is -1.35. The molecule has 1 aromatic heterocycles. The zero-order valence-corrected chi connectivity index (χ0v) is 10.3. The van der Waals surface area contributed by atoms with Gasteiger partial charge >= 0.3 is 0 Å². The number of nitrogen functional groups attached to an aromatic ring is 1. The highest BCUT2D eigenvalue weighted by Crippen LogP contribution is 2.26. The number of hydrogen-bond donors (Lipinski definition) is 1. The van der Waals surface area contributed by atoms with Crippen molar-refractivity contribution in [1.82, 2.24) is 9.88 Å². The quantitative estimate of drug-likeness (QED) is 0.665. The van der Waals surface area contributed by atoms with Gasteiger partial charge in [-0.2, -0.15) is 0 Å². The molecular weight excluding hydrogens is 261 g/mol. The Bertz CT molecular complexity index is 730. The van der Waals surface area contributed by atoms with Crippen LogP contribution in [0.3, 0.4) is 0 Å². The lowest BCUT2D eigenvalue weighted by Gasteiger charge is -2.13. The number of hydrogen-bond acceptors (Lipinski definition) is 4. The van der Waals surface area contributed by atoms with E-state index in [2.05, 4.69) is 4.98 Å². The van der Waals surface area contributed by atoms with Crippen molar-refractivity contribution in [2.45, 2.75) is 6.54 Å². The number of pyridine rings is 1. The van der Waals surface area contributed by atoms with E-state index in [1.54, 1.807) is 6.07 Å². The molecule has 6 heteroatoms. The molecule has 1 aliphatic rings. The van der Waals surface area contributed by atoms with Crippen LogP contribution in [0.15, 0.2) is 36.7 Å². The minimum atomic E-state index is -0.511. The van der Waals surface area contributed by atoms with Crippen LogP contribution in [0.4, 0.5) is 10.1 Å². The third-order valence-corrected chi connectivity index (χ3v) is 3.10. The maximum Gasteiger partial charge on any atom is 0.261 e. The average Bonchev–Trinajstić information content (AvgIpc) is 2.64. The molecule has 2 heterocycles. The van der Waals surface area contributed by atoms with E-state index in [4.69, 9.17) is 5.73 Å². The predicted octanol–water partition coefficient (Wildman–Crippen LogP) is 1.60. The Morgan fingerprint density at radius 3 is 2.60 bits per heavy atom. The topological polar surface area (TPSA) is 76.3 Å². The van der Waals surface area contributed by atoms with Gasteiger partial charge in [0.1, 0.15) is 5.82 Å². The standard InChI is InChI=1S/C14H10FN3O2/c15-9-3-8(5-17-6-9)7-18-13(19)11-2-1-10(16)4-12(11)14(18)20/h1-6H,7,16H2. The first-order valence-corrected chi connectivity index (χ1v) is 5.91. The molecule has 0 spiro atoms. The van der Waals surface area contributed by atoms with Crippen LogP contribution in [-0.4, -0.2) is 21.7 Å². The van der Waals surface area contributed by atoms with Crippen LogP contribution in [0.2, 0.25) is 0 Å². The number of rotatable bonds is 2. The molecule has 0 aliphatic carbocycles. The summed E-state index contributed by atoms with van der Waals surface area (Å²) in [7, 11) is 0. The molecule has 0 radical (unpaired) electrons. The summed E-state index contributed by atoms with van der Waals surface area (Å²) in [6, 6.07) is 5.80. The summed E-state index contributed by atoms with van der Waals surface area (Å²) < 4.78 is 13.1. The lowest BCUT2D eigenvalue weighted by molar-refractivity contribution is 0.0642. The Labute approximate surface area is 113 Å². The van der Waals surface area contributed by atoms with Gasteiger partial charge in [-0.1, -0.05) is 0 Å². The Morgan fingerprint density at radius 1 is 1.10 bits per heavy atom. The molecule has 1 aliphatic heterocycles. The summed E-state index contributed by atoms with van der Waals surface area (Å²) >= 11 is 0. The van der Waals surface area contributed by atoms with Crippen molar-refractivity contribution in [2.24, 2.45) is 0 Å². The number of nitrogens with zero attached hydrogens (tertiary/aromatic N) is 2. The molecule has 0 bridgehead atoms. The average molecular weight is 271 g/mol. The molecule has 2 N–H and O–H groups in total. The highest BCUT2D eigenvalue weighted by Gasteiger charge is 2.35. The van der Waals surface area contributed by atoms with E-state index >= 15 is 0 Å². The molecule has 20 heavy (non-hydrogen) atoms. The molecule has 5 nitrogen and oxygen atoms in total. The molecule has 2 amide bonds. The van der Waals surface area contributed by atoms with E-state index in [1.807, 2.05) is 0 Å². The molecule has 0 unspecified atom stereocenters. The van der Waals surface area contributed by atoms with Crippen LogP contribution in [0, 0.1) is 5.82 Å². The molecule has 0 fully saturated rings. The van der Waals surface area contributed by atoms with Crippen LogP contribution < -0.4 is 5.73 Å². The Balaban J connectivity index is 1.94. The maximum absolute atomic E-state index is 13.1. The van der Waals surface area contributed by atoms with E-state index < -0.39 is 17.6 Å². The first-order valence-electron chi connectivity index (χ1n) is 5.91. The molecule has 2 aromatic rings. The number of benzene rings is 1. The van der Waals surface area contributed by atoms with Crippen molar-refractivity contribution in [1.29, 1.82) is 0 Å². The maximum atomic E-state index is 13.1. The van der Waals surface area contributed by atoms with Gasteiger partial charge in [0.25, 0.3) is 11.8 Å². The summed E-state index contributed by atoms with van der Waals surface area (Å²) in [5, 5.41) is 0. The number of fused-ring (bicyclic) bond motifs is 1. The minimum absolute atomic E-state index is 0.0169. The van der Waals surface area contributed by atoms with E-state index in [-0.39, 0.29) is 12.1 Å². The fourth-order valence-electron chi connectivity index (χ4n) is 2.18. The van der Waals surface area contributed by atoms with E-state index in [0.717, 1.165) is 11.1 Å². The van der Waals surface area contributed by atoms with Crippen molar-refractivity contribution in [3.8, 4) is 0 Å². The molecule has 3 rings (SSSR count). The number of imide groups is 1. The second-order valence-electron chi connectivity index (χ2n) is 4.51. The second-order valence-corrected chi connectivity index (χ2v) is 4.51. The van der Waals surface area contributed by atoms with Crippen molar-refractivity contribution >= 4 is 17.5 Å². The highest BCUT2D eigenvalue weighted by molar-refractivity contribution is 6.21. The number of anilines is 1. The van der Waals surface area contributed by atoms with Crippen molar-refractivity contribution < 1.29 is 14.0 Å². The van der Waals surface area contributed by atoms with Gasteiger partial charge in [0, 0.05) is 11.9 Å². The van der Waals surface area contributed by atoms with Gasteiger partial charge in [-0.15, -0.1) is 0 Å². The van der Waals surface area contributed by atoms with Crippen molar-refractivity contribution in [3.05, 3.63) is 59.2 Å². The smallest absolute Gasteiger partial charge is 0.261 e. The molecule has 0 atom stereocenters. The monoisotopic (exact) mass is 271 g/mol. The highest BCUT2D eigenvalue weighted by atomic mass is 19.1. The van der Waals surface area contributed by atoms with Crippen LogP contribution in [-0.2, 0) is 6.54 Å². The fourth-order valence-corrected chi connectivity index (χ4v) is 2.18. The summed E-state index contributed by atoms with van der Waals surface area (Å²) in [5.41, 5.74) is 7.07. The SMILES string of the molecule is Nc1ccc2c(c1)C(=O)N(Cc1cncc(F)c1)C2=O. The second kappa shape index (κ2) is 4.41. The zero-order valence-electron chi connectivity index (χ0n) is 10.3.